The molecule has 5 rings (SSSR count). The predicted molar refractivity (Wildman–Crippen MR) is 180 cm³/mol. The van der Waals surface area contributed by atoms with E-state index in [9.17, 15) is 24.0 Å². The Bertz CT molecular complexity index is 1400. The van der Waals surface area contributed by atoms with Crippen molar-refractivity contribution >= 4 is 58.1 Å². The minimum atomic E-state index is -1.03. The summed E-state index contributed by atoms with van der Waals surface area (Å²) in [7, 11) is 0. The lowest BCUT2D eigenvalue weighted by Crippen LogP contribution is -2.59. The average molecular weight is 690 g/mol. The zero-order valence-corrected chi connectivity index (χ0v) is 29.4. The van der Waals surface area contributed by atoms with E-state index in [1.807, 2.05) is 33.1 Å². The maximum Gasteiger partial charge on any atom is 0.289 e. The highest BCUT2D eigenvalue weighted by atomic mass is 35.5. The van der Waals surface area contributed by atoms with Crippen molar-refractivity contribution in [2.24, 2.45) is 16.5 Å². The Morgan fingerprint density at radius 3 is 2.45 bits per heavy atom. The van der Waals surface area contributed by atoms with Crippen molar-refractivity contribution in [3.63, 3.8) is 0 Å². The number of ketones is 1. The standard InChI is InChI=1S/C34H48ClN5O6S/c1-5-9-23(28(42)31(44)36-22-12-13-22)37-30(43)25-17-34(16-24(39-46-34)21-15-26(35)47-18-21)19-40(25)32(45)29(33(2,3)4)38-27(41)14-20-10-7-6-8-11-20/h15,18,20,22-23,25,29H,5-14,16-17,19H2,1-4H3,(H,36,44)(H,37,43)(H,38,41)/t23-,25-,29+,34+/m0/s1. The van der Waals surface area contributed by atoms with Crippen LogP contribution in [0.2, 0.25) is 4.34 Å². The van der Waals surface area contributed by atoms with Gasteiger partial charge in [-0.05, 0) is 49.5 Å². The van der Waals surface area contributed by atoms with E-state index in [1.165, 1.54) is 22.7 Å². The Labute approximate surface area is 285 Å². The van der Waals surface area contributed by atoms with Gasteiger partial charge in [0.1, 0.15) is 12.1 Å². The van der Waals surface area contributed by atoms with Crippen LogP contribution in [0.25, 0.3) is 0 Å². The van der Waals surface area contributed by atoms with Crippen molar-refractivity contribution in [1.82, 2.24) is 20.9 Å². The molecule has 0 unspecified atom stereocenters. The minimum absolute atomic E-state index is 0.00158. The molecule has 1 saturated heterocycles. The first-order valence-corrected chi connectivity index (χ1v) is 18.3. The molecule has 2 saturated carbocycles. The van der Waals surface area contributed by atoms with Crippen molar-refractivity contribution in [1.29, 1.82) is 0 Å². The van der Waals surface area contributed by atoms with Crippen LogP contribution in [0, 0.1) is 11.3 Å². The molecule has 2 aliphatic heterocycles. The second-order valence-corrected chi connectivity index (χ2v) is 16.4. The van der Waals surface area contributed by atoms with E-state index < -0.39 is 52.6 Å². The van der Waals surface area contributed by atoms with E-state index in [0.29, 0.717) is 35.2 Å². The summed E-state index contributed by atoms with van der Waals surface area (Å²) in [6.45, 7) is 7.60. The molecule has 3 heterocycles. The van der Waals surface area contributed by atoms with E-state index >= 15 is 0 Å². The van der Waals surface area contributed by atoms with Crippen molar-refractivity contribution in [2.75, 3.05) is 6.54 Å². The number of halogens is 1. The summed E-state index contributed by atoms with van der Waals surface area (Å²) in [5.41, 5.74) is -0.154. The first kappa shape index (κ1) is 35.3. The van der Waals surface area contributed by atoms with Crippen LogP contribution in [-0.4, -0.2) is 76.3 Å². The number of Topliss-reactive ketones (excluding diaryl/α,β-unsaturated/α-hetero) is 1. The number of oxime groups is 1. The van der Waals surface area contributed by atoms with Gasteiger partial charge in [-0.15, -0.1) is 11.3 Å². The Hall–Kier alpha value is -2.99. The number of thiophene rings is 1. The van der Waals surface area contributed by atoms with Crippen molar-refractivity contribution in [2.45, 2.75) is 135 Å². The molecule has 2 aliphatic carbocycles. The minimum Gasteiger partial charge on any atom is -0.387 e. The topological polar surface area (TPSA) is 146 Å². The Kier molecular flexibility index (Phi) is 11.0. The number of hydrogen-bond acceptors (Lipinski definition) is 8. The second-order valence-electron chi connectivity index (χ2n) is 14.9. The number of amides is 4. The molecule has 4 aliphatic rings. The Morgan fingerprint density at radius 2 is 1.83 bits per heavy atom. The monoisotopic (exact) mass is 689 g/mol. The number of hydrogen-bond donors (Lipinski definition) is 3. The smallest absolute Gasteiger partial charge is 0.289 e. The van der Waals surface area contributed by atoms with E-state index in [-0.39, 0.29) is 31.3 Å². The van der Waals surface area contributed by atoms with Gasteiger partial charge in [0, 0.05) is 36.2 Å². The van der Waals surface area contributed by atoms with Gasteiger partial charge in [-0.25, -0.2) is 0 Å². The summed E-state index contributed by atoms with van der Waals surface area (Å²) in [6, 6.07) is -1.14. The van der Waals surface area contributed by atoms with Gasteiger partial charge >= 0.3 is 0 Å². The highest BCUT2D eigenvalue weighted by molar-refractivity contribution is 7.14. The highest BCUT2D eigenvalue weighted by Crippen LogP contribution is 2.41. The van der Waals surface area contributed by atoms with Gasteiger partial charge in [0.2, 0.25) is 23.5 Å². The fraction of sp³-hybridized carbons (Fsp3) is 0.706. The molecule has 4 amide bonds. The van der Waals surface area contributed by atoms with E-state index in [4.69, 9.17) is 16.4 Å². The molecule has 1 aromatic heterocycles. The zero-order chi connectivity index (χ0) is 33.9. The van der Waals surface area contributed by atoms with Crippen molar-refractivity contribution < 1.29 is 28.8 Å². The number of carbonyl (C=O) groups excluding carboxylic acids is 5. The SMILES string of the molecule is CCC[C@H](NC(=O)[C@@H]1C[C@]2(CC(c3csc(Cl)c3)=NO2)CN1C(=O)[C@@H](NC(=O)CC1CCCCC1)C(C)(C)C)C(=O)C(=O)NC1CC1. The molecule has 0 aromatic carbocycles. The second kappa shape index (κ2) is 14.6. The third kappa shape index (κ3) is 8.73. The van der Waals surface area contributed by atoms with Crippen LogP contribution < -0.4 is 16.0 Å². The molecule has 0 bridgehead atoms. The average Bonchev–Trinajstić information content (AvgIpc) is 3.40. The Morgan fingerprint density at radius 1 is 1.11 bits per heavy atom. The number of nitrogens with one attached hydrogen (secondary N) is 3. The first-order chi connectivity index (χ1) is 22.3. The molecule has 0 radical (unpaired) electrons. The molecule has 1 aromatic rings. The number of rotatable bonds is 12. The molecular weight excluding hydrogens is 642 g/mol. The largest absolute Gasteiger partial charge is 0.387 e. The highest BCUT2D eigenvalue weighted by Gasteiger charge is 2.55. The first-order valence-electron chi connectivity index (χ1n) is 17.0. The number of likely N-dealkylation sites (tertiary alicyclic amines) is 1. The lowest BCUT2D eigenvalue weighted by molar-refractivity contribution is -0.145. The molecule has 11 nitrogen and oxygen atoms in total. The zero-order valence-electron chi connectivity index (χ0n) is 27.9. The van der Waals surface area contributed by atoms with E-state index in [2.05, 4.69) is 21.1 Å². The molecule has 4 atom stereocenters. The van der Waals surface area contributed by atoms with E-state index in [1.54, 1.807) is 6.07 Å². The van der Waals surface area contributed by atoms with Crippen LogP contribution in [0.4, 0.5) is 0 Å². The molecular formula is C34H48ClN5O6S. The van der Waals surface area contributed by atoms with Gasteiger partial charge in [-0.3, -0.25) is 24.0 Å². The fourth-order valence-corrected chi connectivity index (χ4v) is 7.79. The van der Waals surface area contributed by atoms with E-state index in [0.717, 1.165) is 44.1 Å². The van der Waals surface area contributed by atoms with Gasteiger partial charge in [-0.2, -0.15) is 0 Å². The molecule has 258 valence electrons. The third-order valence-corrected chi connectivity index (χ3v) is 10.8. The van der Waals surface area contributed by atoms with Gasteiger partial charge in [0.25, 0.3) is 5.91 Å². The van der Waals surface area contributed by atoms with Gasteiger partial charge < -0.3 is 25.7 Å². The molecule has 13 heteroatoms. The van der Waals surface area contributed by atoms with Crippen molar-refractivity contribution in [3.05, 3.63) is 21.3 Å². The van der Waals surface area contributed by atoms with Crippen LogP contribution in [0.1, 0.15) is 110 Å². The van der Waals surface area contributed by atoms with Gasteiger partial charge in [0.15, 0.2) is 5.60 Å². The quantitative estimate of drug-likeness (QED) is 0.276. The number of nitrogens with zero attached hydrogens (tertiary/aromatic N) is 2. The lowest BCUT2D eigenvalue weighted by atomic mass is 9.84. The molecule has 3 N–H and O–H groups in total. The summed E-state index contributed by atoms with van der Waals surface area (Å²) in [6.07, 6.45) is 8.75. The molecule has 47 heavy (non-hydrogen) atoms. The summed E-state index contributed by atoms with van der Waals surface area (Å²) < 4.78 is 0.610. The van der Waals surface area contributed by atoms with Crippen LogP contribution >= 0.6 is 22.9 Å². The predicted octanol–water partition coefficient (Wildman–Crippen LogP) is 4.50. The maximum absolute atomic E-state index is 14.5. The van der Waals surface area contributed by atoms with Crippen LogP contribution in [0.15, 0.2) is 16.6 Å². The van der Waals surface area contributed by atoms with Gasteiger partial charge in [-0.1, -0.05) is 70.1 Å². The normalized spacial score (nSPS) is 24.3. The lowest BCUT2D eigenvalue weighted by Gasteiger charge is -2.36. The third-order valence-electron chi connectivity index (χ3n) is 9.69. The van der Waals surface area contributed by atoms with Crippen LogP contribution in [0.3, 0.4) is 0 Å². The van der Waals surface area contributed by atoms with Crippen molar-refractivity contribution in [3.8, 4) is 0 Å². The number of carbonyl (C=O) groups is 5. The summed E-state index contributed by atoms with van der Waals surface area (Å²) in [5.74, 6) is -2.22. The summed E-state index contributed by atoms with van der Waals surface area (Å²) in [4.78, 5) is 75.2. The summed E-state index contributed by atoms with van der Waals surface area (Å²) in [5, 5.41) is 14.8. The fourth-order valence-electron chi connectivity index (χ4n) is 6.90. The van der Waals surface area contributed by atoms with Crippen LogP contribution in [-0.2, 0) is 28.8 Å². The van der Waals surface area contributed by atoms with Crippen LogP contribution in [0.5, 0.6) is 0 Å². The maximum atomic E-state index is 14.5. The summed E-state index contributed by atoms with van der Waals surface area (Å²) >= 11 is 7.56. The molecule has 1 spiro atoms. The van der Waals surface area contributed by atoms with Gasteiger partial charge in [0.05, 0.1) is 22.6 Å². The molecule has 3 fully saturated rings. The Balaban J connectivity index is 1.37.